The first kappa shape index (κ1) is 9.81. The molecule has 0 radical (unpaired) electrons. The molecule has 0 spiro atoms. The molecular weight excluding hydrogens is 246 g/mol. The molecule has 0 aliphatic rings. The fraction of sp³-hybridized carbons (Fsp3) is 0.250. The predicted octanol–water partition coefficient (Wildman–Crippen LogP) is 3.64. The molecule has 0 atom stereocenters. The normalized spacial score (nSPS) is 10.0. The maximum absolute atomic E-state index is 12.7. The van der Waals surface area contributed by atoms with E-state index in [0.717, 1.165) is 0 Å². The second-order valence-corrected chi connectivity index (χ2v) is 3.39. The molecule has 0 aliphatic carbocycles. The van der Waals surface area contributed by atoms with Gasteiger partial charge in [0.25, 0.3) is 0 Å². The minimum absolute atomic E-state index is 0.281. The number of halogens is 3. The van der Waals surface area contributed by atoms with Crippen molar-refractivity contribution in [2.24, 2.45) is 0 Å². The first-order valence-corrected chi connectivity index (χ1v) is 4.59. The monoisotopic (exact) mass is 252 g/mol. The third kappa shape index (κ3) is 2.11. The summed E-state index contributed by atoms with van der Waals surface area (Å²) in [7, 11) is 0. The molecule has 1 rings (SSSR count). The van der Waals surface area contributed by atoms with E-state index < -0.39 is 0 Å². The van der Waals surface area contributed by atoms with Gasteiger partial charge < -0.3 is 4.74 Å². The number of hydrogen-bond donors (Lipinski definition) is 0. The van der Waals surface area contributed by atoms with E-state index >= 15 is 0 Å². The quantitative estimate of drug-likeness (QED) is 0.782. The molecule has 0 saturated heterocycles. The summed E-state index contributed by atoms with van der Waals surface area (Å²) in [6.07, 6.45) is 0. The first-order valence-electron chi connectivity index (χ1n) is 3.42. The highest BCUT2D eigenvalue weighted by Gasteiger charge is 2.07. The standard InChI is InChI=1S/C8H7BrClFO/c1-2-12-8-6(9)3-5(11)4-7(8)10/h3-4H,2H2,1H3. The van der Waals surface area contributed by atoms with Gasteiger partial charge in [-0.2, -0.15) is 0 Å². The number of benzene rings is 1. The smallest absolute Gasteiger partial charge is 0.152 e. The predicted molar refractivity (Wildman–Crippen MR) is 50.3 cm³/mol. The van der Waals surface area contributed by atoms with E-state index in [1.54, 1.807) is 0 Å². The van der Waals surface area contributed by atoms with Crippen LogP contribution in [0.3, 0.4) is 0 Å². The summed E-state index contributed by atoms with van der Waals surface area (Å²) in [6.45, 7) is 2.34. The highest BCUT2D eigenvalue weighted by Crippen LogP contribution is 2.33. The van der Waals surface area contributed by atoms with Gasteiger partial charge in [0, 0.05) is 0 Å². The van der Waals surface area contributed by atoms with Gasteiger partial charge in [0.05, 0.1) is 16.1 Å². The van der Waals surface area contributed by atoms with Gasteiger partial charge in [-0.15, -0.1) is 0 Å². The van der Waals surface area contributed by atoms with Crippen LogP contribution in [0.2, 0.25) is 5.02 Å². The van der Waals surface area contributed by atoms with E-state index in [0.29, 0.717) is 16.8 Å². The van der Waals surface area contributed by atoms with Gasteiger partial charge in [0.15, 0.2) is 5.75 Å². The van der Waals surface area contributed by atoms with Gasteiger partial charge in [-0.05, 0) is 35.0 Å². The molecule has 1 aromatic rings. The molecule has 0 aromatic heterocycles. The lowest BCUT2D eigenvalue weighted by Crippen LogP contribution is -1.93. The number of ether oxygens (including phenoxy) is 1. The van der Waals surface area contributed by atoms with Gasteiger partial charge in [0.2, 0.25) is 0 Å². The minimum Gasteiger partial charge on any atom is -0.491 e. The molecule has 0 aliphatic heterocycles. The molecular formula is C8H7BrClFO. The van der Waals surface area contributed by atoms with Crippen LogP contribution in [0.15, 0.2) is 16.6 Å². The second kappa shape index (κ2) is 4.10. The van der Waals surface area contributed by atoms with Gasteiger partial charge in [0.1, 0.15) is 5.82 Å². The Morgan fingerprint density at radius 3 is 2.75 bits per heavy atom. The lowest BCUT2D eigenvalue weighted by Gasteiger charge is -2.07. The summed E-state index contributed by atoms with van der Waals surface area (Å²) in [5.74, 6) is 0.107. The summed E-state index contributed by atoms with van der Waals surface area (Å²) in [5, 5.41) is 0.281. The molecule has 0 unspecified atom stereocenters. The summed E-state index contributed by atoms with van der Waals surface area (Å²) < 4.78 is 18.4. The van der Waals surface area contributed by atoms with Crippen LogP contribution in [-0.4, -0.2) is 6.61 Å². The third-order valence-corrected chi connectivity index (χ3v) is 2.12. The summed E-state index contributed by atoms with van der Waals surface area (Å²) in [6, 6.07) is 2.54. The van der Waals surface area contributed by atoms with Crippen molar-refractivity contribution in [2.75, 3.05) is 6.61 Å². The molecule has 0 N–H and O–H groups in total. The fourth-order valence-corrected chi connectivity index (χ4v) is 1.73. The van der Waals surface area contributed by atoms with Gasteiger partial charge in [-0.3, -0.25) is 0 Å². The van der Waals surface area contributed by atoms with E-state index in [4.69, 9.17) is 16.3 Å². The Bertz CT molecular complexity index is 267. The maximum atomic E-state index is 12.7. The first-order chi connectivity index (χ1) is 5.65. The van der Waals surface area contributed by atoms with Crippen LogP contribution in [0, 0.1) is 5.82 Å². The van der Waals surface area contributed by atoms with Crippen molar-refractivity contribution in [1.29, 1.82) is 0 Å². The van der Waals surface area contributed by atoms with Gasteiger partial charge in [-0.1, -0.05) is 11.6 Å². The van der Waals surface area contributed by atoms with Crippen molar-refractivity contribution in [1.82, 2.24) is 0 Å². The highest BCUT2D eigenvalue weighted by molar-refractivity contribution is 9.10. The van der Waals surface area contributed by atoms with Crippen molar-refractivity contribution in [3.05, 3.63) is 27.4 Å². The SMILES string of the molecule is CCOc1c(Cl)cc(F)cc1Br. The molecule has 0 amide bonds. The van der Waals surface area contributed by atoms with E-state index in [1.165, 1.54) is 12.1 Å². The fourth-order valence-electron chi connectivity index (χ4n) is 0.811. The molecule has 0 heterocycles. The van der Waals surface area contributed by atoms with Crippen molar-refractivity contribution in [3.63, 3.8) is 0 Å². The Kier molecular flexibility index (Phi) is 3.35. The molecule has 12 heavy (non-hydrogen) atoms. The Balaban J connectivity index is 3.10. The van der Waals surface area contributed by atoms with Crippen LogP contribution in [0.25, 0.3) is 0 Å². The van der Waals surface area contributed by atoms with E-state index in [9.17, 15) is 4.39 Å². The second-order valence-electron chi connectivity index (χ2n) is 2.13. The summed E-state index contributed by atoms with van der Waals surface area (Å²) in [5.41, 5.74) is 0. The van der Waals surface area contributed by atoms with Crippen molar-refractivity contribution in [2.45, 2.75) is 6.92 Å². The largest absolute Gasteiger partial charge is 0.491 e. The topological polar surface area (TPSA) is 9.23 Å². The van der Waals surface area contributed by atoms with Crippen LogP contribution in [0.5, 0.6) is 5.75 Å². The van der Waals surface area contributed by atoms with Gasteiger partial charge in [-0.25, -0.2) is 4.39 Å². The number of rotatable bonds is 2. The third-order valence-electron chi connectivity index (χ3n) is 1.25. The summed E-state index contributed by atoms with van der Waals surface area (Å²) >= 11 is 8.87. The van der Waals surface area contributed by atoms with Crippen LogP contribution >= 0.6 is 27.5 Å². The molecule has 0 saturated carbocycles. The van der Waals surface area contributed by atoms with Gasteiger partial charge >= 0.3 is 0 Å². The molecule has 4 heteroatoms. The van der Waals surface area contributed by atoms with Crippen LogP contribution in [-0.2, 0) is 0 Å². The van der Waals surface area contributed by atoms with Crippen molar-refractivity contribution in [3.8, 4) is 5.75 Å². The lowest BCUT2D eigenvalue weighted by molar-refractivity contribution is 0.337. The van der Waals surface area contributed by atoms with E-state index in [1.807, 2.05) is 6.92 Å². The highest BCUT2D eigenvalue weighted by atomic mass is 79.9. The maximum Gasteiger partial charge on any atom is 0.152 e. The zero-order chi connectivity index (χ0) is 9.14. The average Bonchev–Trinajstić information content (AvgIpc) is 1.96. The molecule has 0 bridgehead atoms. The van der Waals surface area contributed by atoms with Crippen LogP contribution in [0.4, 0.5) is 4.39 Å². The molecule has 1 aromatic carbocycles. The van der Waals surface area contributed by atoms with Crippen molar-refractivity contribution >= 4 is 27.5 Å². The van der Waals surface area contributed by atoms with Crippen LogP contribution < -0.4 is 4.74 Å². The molecule has 66 valence electrons. The Morgan fingerprint density at radius 1 is 1.58 bits per heavy atom. The molecule has 0 fully saturated rings. The number of hydrogen-bond acceptors (Lipinski definition) is 1. The lowest BCUT2D eigenvalue weighted by atomic mass is 10.3. The Labute approximate surface area is 83.6 Å². The van der Waals surface area contributed by atoms with E-state index in [-0.39, 0.29) is 10.8 Å². The molecule has 1 nitrogen and oxygen atoms in total. The van der Waals surface area contributed by atoms with Crippen molar-refractivity contribution < 1.29 is 9.13 Å². The zero-order valence-corrected chi connectivity index (χ0v) is 8.75. The zero-order valence-electron chi connectivity index (χ0n) is 6.40. The minimum atomic E-state index is -0.379. The van der Waals surface area contributed by atoms with Crippen LogP contribution in [0.1, 0.15) is 6.92 Å². The Hall–Kier alpha value is -0.280. The average molecular weight is 253 g/mol. The summed E-state index contributed by atoms with van der Waals surface area (Å²) in [4.78, 5) is 0. The van der Waals surface area contributed by atoms with E-state index in [2.05, 4.69) is 15.9 Å². The Morgan fingerprint density at radius 2 is 2.25 bits per heavy atom.